The summed E-state index contributed by atoms with van der Waals surface area (Å²) in [5.74, 6) is -0.159. The van der Waals surface area contributed by atoms with Gasteiger partial charge in [-0.15, -0.1) is 11.8 Å². The van der Waals surface area contributed by atoms with E-state index in [9.17, 15) is 19.5 Å². The number of aliphatic carboxylic acids is 1. The van der Waals surface area contributed by atoms with Gasteiger partial charge in [-0.25, -0.2) is 4.79 Å². The predicted octanol–water partition coefficient (Wildman–Crippen LogP) is 4.11. The highest BCUT2D eigenvalue weighted by Gasteiger charge is 2.35. The molecule has 0 radical (unpaired) electrons. The number of rotatable bonds is 7. The largest absolute Gasteiger partial charge is 0.480 e. The van der Waals surface area contributed by atoms with Crippen molar-refractivity contribution in [3.05, 3.63) is 59.7 Å². The van der Waals surface area contributed by atoms with Crippen LogP contribution in [0.3, 0.4) is 0 Å². The predicted molar refractivity (Wildman–Crippen MR) is 134 cm³/mol. The minimum Gasteiger partial charge on any atom is -0.480 e. The van der Waals surface area contributed by atoms with Crippen molar-refractivity contribution in [2.75, 3.05) is 25.4 Å². The van der Waals surface area contributed by atoms with Crippen molar-refractivity contribution in [3.8, 4) is 11.1 Å². The van der Waals surface area contributed by atoms with E-state index in [0.717, 1.165) is 30.4 Å². The monoisotopic (exact) mass is 494 g/mol. The molecule has 1 saturated carbocycles. The summed E-state index contributed by atoms with van der Waals surface area (Å²) in [4.78, 5) is 38.8. The third kappa shape index (κ3) is 5.03. The molecule has 2 unspecified atom stereocenters. The molecule has 2 aromatic rings. The molecule has 2 aromatic carbocycles. The first-order valence-electron chi connectivity index (χ1n) is 12.2. The van der Waals surface area contributed by atoms with Crippen LogP contribution in [0.2, 0.25) is 0 Å². The van der Waals surface area contributed by atoms with E-state index in [1.165, 1.54) is 22.9 Å². The van der Waals surface area contributed by atoms with Crippen molar-refractivity contribution in [2.24, 2.45) is 5.92 Å². The fourth-order valence-electron chi connectivity index (χ4n) is 5.31. The molecule has 0 aromatic heterocycles. The molecule has 7 nitrogen and oxygen atoms in total. The Morgan fingerprint density at radius 2 is 1.71 bits per heavy atom. The van der Waals surface area contributed by atoms with Crippen molar-refractivity contribution < 1.29 is 24.2 Å². The molecule has 2 fully saturated rings. The second-order valence-corrected chi connectivity index (χ2v) is 10.8. The molecule has 8 heteroatoms. The Morgan fingerprint density at radius 3 is 2.31 bits per heavy atom. The lowest BCUT2D eigenvalue weighted by Gasteiger charge is -2.36. The van der Waals surface area contributed by atoms with E-state index in [1.54, 1.807) is 4.90 Å². The van der Waals surface area contributed by atoms with Gasteiger partial charge in [0, 0.05) is 37.2 Å². The van der Waals surface area contributed by atoms with Gasteiger partial charge in [-0.2, -0.15) is 0 Å². The number of ether oxygens (including phenoxy) is 1. The molecule has 35 heavy (non-hydrogen) atoms. The first kappa shape index (κ1) is 23.7. The number of thioether (sulfide) groups is 1. The van der Waals surface area contributed by atoms with Gasteiger partial charge in [0.25, 0.3) is 0 Å². The molecular weight excluding hydrogens is 464 g/mol. The molecule has 0 bridgehead atoms. The van der Waals surface area contributed by atoms with E-state index in [0.29, 0.717) is 12.3 Å². The molecule has 2 amide bonds. The maximum Gasteiger partial charge on any atom is 0.407 e. The Hall–Kier alpha value is -3.00. The maximum atomic E-state index is 13.0. The molecular formula is C27H30N2O5S. The number of amides is 2. The number of carboxylic acids is 1. The number of nitrogens with one attached hydrogen (secondary N) is 1. The van der Waals surface area contributed by atoms with Crippen LogP contribution in [0.15, 0.2) is 48.5 Å². The zero-order chi connectivity index (χ0) is 24.4. The van der Waals surface area contributed by atoms with Gasteiger partial charge in [-0.05, 0) is 41.0 Å². The highest BCUT2D eigenvalue weighted by molar-refractivity contribution is 8.00. The van der Waals surface area contributed by atoms with Crippen LogP contribution in [-0.4, -0.2) is 64.7 Å². The van der Waals surface area contributed by atoms with Crippen LogP contribution in [0, 0.1) is 5.92 Å². The van der Waals surface area contributed by atoms with E-state index < -0.39 is 17.3 Å². The van der Waals surface area contributed by atoms with E-state index in [2.05, 4.69) is 29.6 Å². The average Bonchev–Trinajstić information content (AvgIpc) is 3.15. The van der Waals surface area contributed by atoms with Crippen molar-refractivity contribution in [1.82, 2.24) is 10.2 Å². The van der Waals surface area contributed by atoms with E-state index >= 15 is 0 Å². The number of nitrogens with zero attached hydrogens (tertiary/aromatic N) is 1. The highest BCUT2D eigenvalue weighted by atomic mass is 32.2. The van der Waals surface area contributed by atoms with Crippen molar-refractivity contribution in [2.45, 2.75) is 42.9 Å². The number of carbonyl (C=O) groups excluding carboxylic acids is 2. The lowest BCUT2D eigenvalue weighted by molar-refractivity contribution is -0.138. The Bertz CT molecular complexity index is 1070. The average molecular weight is 495 g/mol. The van der Waals surface area contributed by atoms with Crippen molar-refractivity contribution >= 4 is 29.7 Å². The zero-order valence-electron chi connectivity index (χ0n) is 19.5. The third-order valence-corrected chi connectivity index (χ3v) is 8.63. The lowest BCUT2D eigenvalue weighted by atomic mass is 9.78. The first-order valence-corrected chi connectivity index (χ1v) is 13.3. The summed E-state index contributed by atoms with van der Waals surface area (Å²) in [6.07, 6.45) is 2.69. The van der Waals surface area contributed by atoms with Crippen LogP contribution < -0.4 is 5.32 Å². The quantitative estimate of drug-likeness (QED) is 0.601. The number of hydrogen-bond acceptors (Lipinski definition) is 5. The summed E-state index contributed by atoms with van der Waals surface area (Å²) in [5, 5.41) is 11.7. The second kappa shape index (κ2) is 10.3. The van der Waals surface area contributed by atoms with E-state index in [4.69, 9.17) is 4.74 Å². The van der Waals surface area contributed by atoms with Gasteiger partial charge in [0.15, 0.2) is 0 Å². The van der Waals surface area contributed by atoms with Crippen LogP contribution >= 0.6 is 11.8 Å². The van der Waals surface area contributed by atoms with Gasteiger partial charge in [0.05, 0.1) is 0 Å². The number of carboxylic acid groups (broad SMARTS) is 1. The molecule has 5 rings (SSSR count). The van der Waals surface area contributed by atoms with Gasteiger partial charge in [-0.1, -0.05) is 55.0 Å². The molecule has 1 saturated heterocycles. The topological polar surface area (TPSA) is 95.9 Å². The maximum absolute atomic E-state index is 13.0. The molecule has 1 heterocycles. The second-order valence-electron chi connectivity index (χ2n) is 9.51. The Kier molecular flexibility index (Phi) is 7.00. The Labute approximate surface area is 209 Å². The minimum absolute atomic E-state index is 0.0178. The van der Waals surface area contributed by atoms with Crippen LogP contribution in [0.25, 0.3) is 11.1 Å². The summed E-state index contributed by atoms with van der Waals surface area (Å²) < 4.78 is 5.71. The molecule has 1 aliphatic heterocycles. The number of hydrogen-bond donors (Lipinski definition) is 2. The molecule has 2 N–H and O–H groups in total. The highest BCUT2D eigenvalue weighted by Crippen LogP contribution is 2.44. The third-order valence-electron chi connectivity index (χ3n) is 7.45. The van der Waals surface area contributed by atoms with Crippen molar-refractivity contribution in [1.29, 1.82) is 0 Å². The van der Waals surface area contributed by atoms with Crippen LogP contribution in [-0.2, 0) is 14.3 Å². The van der Waals surface area contributed by atoms with E-state index in [1.807, 2.05) is 24.3 Å². The smallest absolute Gasteiger partial charge is 0.407 e. The molecule has 2 atom stereocenters. The van der Waals surface area contributed by atoms with Gasteiger partial charge in [0.1, 0.15) is 11.9 Å². The van der Waals surface area contributed by atoms with Gasteiger partial charge in [-0.3, -0.25) is 9.59 Å². The number of benzene rings is 2. The number of alkyl carbamates (subject to hydrolysis) is 1. The van der Waals surface area contributed by atoms with Crippen LogP contribution in [0.5, 0.6) is 0 Å². The summed E-state index contributed by atoms with van der Waals surface area (Å²) in [6.45, 7) is 0.978. The summed E-state index contributed by atoms with van der Waals surface area (Å²) >= 11 is 1.37. The van der Waals surface area contributed by atoms with Crippen molar-refractivity contribution in [3.63, 3.8) is 0 Å². The van der Waals surface area contributed by atoms with Gasteiger partial charge in [0.2, 0.25) is 5.91 Å². The SMILES string of the molecule is O=C(NC(CC(=O)N1CCSC(C(=O)O)C1)C1CCC1)OCC1c2ccccc2-c2ccccc21. The van der Waals surface area contributed by atoms with E-state index in [-0.39, 0.29) is 43.4 Å². The van der Waals surface area contributed by atoms with Crippen LogP contribution in [0.1, 0.15) is 42.7 Å². The molecule has 3 aliphatic rings. The Balaban J connectivity index is 1.21. The van der Waals surface area contributed by atoms with Crippen LogP contribution in [0.4, 0.5) is 4.79 Å². The minimum atomic E-state index is -0.889. The fraction of sp³-hybridized carbons (Fsp3) is 0.444. The summed E-state index contributed by atoms with van der Waals surface area (Å²) in [6, 6.07) is 16.1. The first-order chi connectivity index (χ1) is 17.0. The Morgan fingerprint density at radius 1 is 1.06 bits per heavy atom. The van der Waals surface area contributed by atoms with Gasteiger partial charge >= 0.3 is 12.1 Å². The number of fused-ring (bicyclic) bond motifs is 3. The molecule has 2 aliphatic carbocycles. The molecule has 0 spiro atoms. The normalized spacial score (nSPS) is 20.3. The van der Waals surface area contributed by atoms with Gasteiger partial charge < -0.3 is 20.1 Å². The zero-order valence-corrected chi connectivity index (χ0v) is 20.3. The standard InChI is InChI=1S/C27H30N2O5S/c30-25(29-12-13-35-24(15-29)26(31)32)14-23(17-6-5-7-17)28-27(33)34-16-22-20-10-3-1-8-18(20)19-9-2-4-11-21(19)22/h1-4,8-11,17,22-24H,5-7,12-16H2,(H,28,33)(H,31,32). The lowest BCUT2D eigenvalue weighted by Crippen LogP contribution is -2.49. The number of carbonyl (C=O) groups is 3. The molecule has 184 valence electrons. The summed E-state index contributed by atoms with van der Waals surface area (Å²) in [7, 11) is 0. The fourth-order valence-corrected chi connectivity index (χ4v) is 6.35. The summed E-state index contributed by atoms with van der Waals surface area (Å²) in [5.41, 5.74) is 4.66.